The number of hydrogen-bond acceptors (Lipinski definition) is 4. The van der Waals surface area contributed by atoms with Gasteiger partial charge in [-0.3, -0.25) is 4.79 Å². The predicted molar refractivity (Wildman–Crippen MR) is 90.7 cm³/mol. The van der Waals surface area contributed by atoms with Crippen molar-refractivity contribution in [3.8, 4) is 0 Å². The van der Waals surface area contributed by atoms with E-state index in [0.29, 0.717) is 37.0 Å². The fourth-order valence-electron chi connectivity index (χ4n) is 2.98. The summed E-state index contributed by atoms with van der Waals surface area (Å²) in [5.41, 5.74) is -1.36. The highest BCUT2D eigenvalue weighted by atomic mass is 19.4. The first-order chi connectivity index (χ1) is 13.2. The van der Waals surface area contributed by atoms with Crippen molar-refractivity contribution in [1.29, 1.82) is 0 Å². The van der Waals surface area contributed by atoms with Gasteiger partial charge in [0.25, 0.3) is 5.91 Å². The summed E-state index contributed by atoms with van der Waals surface area (Å²) in [5.74, 6) is -2.96. The molecule has 148 valence electrons. The zero-order chi connectivity index (χ0) is 20.5. The van der Waals surface area contributed by atoms with Crippen molar-refractivity contribution in [1.82, 2.24) is 9.88 Å². The van der Waals surface area contributed by atoms with Crippen molar-refractivity contribution < 1.29 is 32.3 Å². The standard InChI is InChI=1S/C18H15F4N3O3/c19-11-1-3-14(18(20,21)22)13(9-11)16(26)25-7-5-24(6-8-25)12-2-4-15(17(27)28)23-10-12/h1-4,9-10H,5-8H2,(H,27,28). The number of nitrogens with zero attached hydrogens (tertiary/aromatic N) is 3. The first-order valence-corrected chi connectivity index (χ1v) is 8.27. The van der Waals surface area contributed by atoms with Crippen LogP contribution in [0.15, 0.2) is 36.5 Å². The van der Waals surface area contributed by atoms with Gasteiger partial charge in [-0.25, -0.2) is 14.2 Å². The van der Waals surface area contributed by atoms with Gasteiger partial charge in [0.15, 0.2) is 0 Å². The highest BCUT2D eigenvalue weighted by Gasteiger charge is 2.37. The molecule has 0 bridgehead atoms. The van der Waals surface area contributed by atoms with E-state index >= 15 is 0 Å². The van der Waals surface area contributed by atoms with Crippen LogP contribution in [0.2, 0.25) is 0 Å². The molecule has 1 N–H and O–H groups in total. The summed E-state index contributed by atoms with van der Waals surface area (Å²) in [6.45, 7) is 0.896. The molecule has 0 atom stereocenters. The number of aromatic nitrogens is 1. The zero-order valence-corrected chi connectivity index (χ0v) is 14.4. The van der Waals surface area contributed by atoms with Crippen LogP contribution in [0.1, 0.15) is 26.4 Å². The number of carbonyl (C=O) groups is 2. The van der Waals surface area contributed by atoms with Crippen molar-refractivity contribution in [2.45, 2.75) is 6.18 Å². The number of anilines is 1. The molecule has 1 aromatic carbocycles. The van der Waals surface area contributed by atoms with Gasteiger partial charge in [0.05, 0.1) is 23.0 Å². The predicted octanol–water partition coefficient (Wildman–Crippen LogP) is 2.90. The minimum atomic E-state index is -4.77. The SMILES string of the molecule is O=C(O)c1ccc(N2CCN(C(=O)c3cc(F)ccc3C(F)(F)F)CC2)cn1. The van der Waals surface area contributed by atoms with Gasteiger partial charge in [-0.15, -0.1) is 0 Å². The summed E-state index contributed by atoms with van der Waals surface area (Å²) in [4.78, 5) is 30.3. The van der Waals surface area contributed by atoms with Crippen molar-refractivity contribution in [3.05, 3.63) is 59.2 Å². The summed E-state index contributed by atoms with van der Waals surface area (Å²) in [7, 11) is 0. The molecule has 0 unspecified atom stereocenters. The summed E-state index contributed by atoms with van der Waals surface area (Å²) in [6, 6.07) is 4.76. The number of amides is 1. The topological polar surface area (TPSA) is 73.7 Å². The second-order valence-corrected chi connectivity index (χ2v) is 6.17. The molecular formula is C18H15F4N3O3. The molecule has 1 aromatic heterocycles. The van der Waals surface area contributed by atoms with E-state index in [0.717, 1.165) is 0 Å². The fourth-order valence-corrected chi connectivity index (χ4v) is 2.98. The normalized spacial score (nSPS) is 14.9. The molecule has 1 fully saturated rings. The van der Waals surface area contributed by atoms with Crippen LogP contribution in [0.4, 0.5) is 23.2 Å². The van der Waals surface area contributed by atoms with Crippen LogP contribution in [-0.2, 0) is 6.18 Å². The Labute approximate surface area is 157 Å². The molecule has 2 aromatic rings. The number of carboxylic acids is 1. The Bertz CT molecular complexity index is 892. The van der Waals surface area contributed by atoms with Crippen LogP contribution in [-0.4, -0.2) is 53.0 Å². The van der Waals surface area contributed by atoms with Crippen LogP contribution in [0.5, 0.6) is 0 Å². The van der Waals surface area contributed by atoms with E-state index in [1.54, 1.807) is 6.07 Å². The molecule has 2 heterocycles. The molecule has 10 heteroatoms. The zero-order valence-electron chi connectivity index (χ0n) is 14.4. The van der Waals surface area contributed by atoms with Gasteiger partial charge in [-0.2, -0.15) is 13.2 Å². The molecule has 28 heavy (non-hydrogen) atoms. The van der Waals surface area contributed by atoms with Crippen molar-refractivity contribution in [2.75, 3.05) is 31.1 Å². The lowest BCUT2D eigenvalue weighted by molar-refractivity contribution is -0.138. The number of pyridine rings is 1. The van der Waals surface area contributed by atoms with E-state index in [9.17, 15) is 27.2 Å². The van der Waals surface area contributed by atoms with E-state index < -0.39 is 35.0 Å². The van der Waals surface area contributed by atoms with E-state index in [1.807, 2.05) is 4.90 Å². The third kappa shape index (κ3) is 4.05. The molecule has 1 aliphatic rings. The van der Waals surface area contributed by atoms with E-state index in [2.05, 4.69) is 4.98 Å². The average Bonchev–Trinajstić information content (AvgIpc) is 2.66. The Hall–Kier alpha value is -3.17. The van der Waals surface area contributed by atoms with E-state index in [1.165, 1.54) is 17.2 Å². The molecule has 0 radical (unpaired) electrons. The number of hydrogen-bond donors (Lipinski definition) is 1. The van der Waals surface area contributed by atoms with Gasteiger partial charge in [-0.1, -0.05) is 0 Å². The Morgan fingerprint density at radius 3 is 2.25 bits per heavy atom. The molecule has 1 saturated heterocycles. The van der Waals surface area contributed by atoms with Crippen LogP contribution in [0.25, 0.3) is 0 Å². The van der Waals surface area contributed by atoms with Gasteiger partial charge in [-0.05, 0) is 30.3 Å². The number of rotatable bonds is 3. The second-order valence-electron chi connectivity index (χ2n) is 6.17. The fraction of sp³-hybridized carbons (Fsp3) is 0.278. The van der Waals surface area contributed by atoms with Crippen LogP contribution in [0.3, 0.4) is 0 Å². The lowest BCUT2D eigenvalue weighted by atomic mass is 10.0. The van der Waals surface area contributed by atoms with Crippen LogP contribution < -0.4 is 4.90 Å². The quantitative estimate of drug-likeness (QED) is 0.807. The van der Waals surface area contributed by atoms with Gasteiger partial charge in [0.2, 0.25) is 0 Å². The number of aromatic carboxylic acids is 1. The molecule has 0 saturated carbocycles. The summed E-state index contributed by atoms with van der Waals surface area (Å²) in [6.07, 6.45) is -3.38. The van der Waals surface area contributed by atoms with Crippen LogP contribution >= 0.6 is 0 Å². The molecule has 1 aliphatic heterocycles. The minimum absolute atomic E-state index is 0.108. The molecule has 0 aliphatic carbocycles. The minimum Gasteiger partial charge on any atom is -0.477 e. The largest absolute Gasteiger partial charge is 0.477 e. The monoisotopic (exact) mass is 397 g/mol. The number of piperazine rings is 1. The molecule has 1 amide bonds. The summed E-state index contributed by atoms with van der Waals surface area (Å²) >= 11 is 0. The Morgan fingerprint density at radius 2 is 1.71 bits per heavy atom. The van der Waals surface area contributed by atoms with E-state index in [4.69, 9.17) is 5.11 Å². The van der Waals surface area contributed by atoms with Gasteiger partial charge < -0.3 is 14.9 Å². The summed E-state index contributed by atoms with van der Waals surface area (Å²) in [5, 5.41) is 8.86. The highest BCUT2D eigenvalue weighted by molar-refractivity contribution is 5.96. The second kappa shape index (κ2) is 7.45. The molecule has 0 spiro atoms. The Morgan fingerprint density at radius 1 is 1.04 bits per heavy atom. The number of halogens is 4. The molecule has 3 rings (SSSR count). The third-order valence-electron chi connectivity index (χ3n) is 4.42. The van der Waals surface area contributed by atoms with Gasteiger partial charge >= 0.3 is 12.1 Å². The maximum absolute atomic E-state index is 13.4. The van der Waals surface area contributed by atoms with E-state index in [-0.39, 0.29) is 18.8 Å². The third-order valence-corrected chi connectivity index (χ3v) is 4.42. The highest BCUT2D eigenvalue weighted by Crippen LogP contribution is 2.33. The van der Waals surface area contributed by atoms with Crippen molar-refractivity contribution >= 4 is 17.6 Å². The Kier molecular flexibility index (Phi) is 5.21. The Balaban J connectivity index is 1.72. The number of carboxylic acid groups (broad SMARTS) is 1. The average molecular weight is 397 g/mol. The lowest BCUT2D eigenvalue weighted by Crippen LogP contribution is -2.49. The number of carbonyl (C=O) groups excluding carboxylic acids is 1. The number of alkyl halides is 3. The molecule has 6 nitrogen and oxygen atoms in total. The first kappa shape index (κ1) is 19.6. The van der Waals surface area contributed by atoms with Crippen molar-refractivity contribution in [2.24, 2.45) is 0 Å². The summed E-state index contributed by atoms with van der Waals surface area (Å²) < 4.78 is 52.8. The van der Waals surface area contributed by atoms with Crippen molar-refractivity contribution in [3.63, 3.8) is 0 Å². The maximum atomic E-state index is 13.4. The number of benzene rings is 1. The van der Waals surface area contributed by atoms with Crippen LogP contribution in [0, 0.1) is 5.82 Å². The lowest BCUT2D eigenvalue weighted by Gasteiger charge is -2.36. The molecular weight excluding hydrogens is 382 g/mol. The van der Waals surface area contributed by atoms with Gasteiger partial charge in [0.1, 0.15) is 11.5 Å². The first-order valence-electron chi connectivity index (χ1n) is 8.27. The maximum Gasteiger partial charge on any atom is 0.417 e. The smallest absolute Gasteiger partial charge is 0.417 e. The van der Waals surface area contributed by atoms with Gasteiger partial charge in [0, 0.05) is 26.2 Å².